The topological polar surface area (TPSA) is 120 Å². The van der Waals surface area contributed by atoms with Crippen LogP contribution in [-0.2, 0) is 9.59 Å². The van der Waals surface area contributed by atoms with Gasteiger partial charge in [0.25, 0.3) is 11.4 Å². The van der Waals surface area contributed by atoms with Gasteiger partial charge in [-0.15, -0.1) is 0 Å². The van der Waals surface area contributed by atoms with E-state index < -0.39 is 20.3 Å². The van der Waals surface area contributed by atoms with Crippen molar-refractivity contribution >= 4 is 57.2 Å². The van der Waals surface area contributed by atoms with Crippen molar-refractivity contribution in [2.24, 2.45) is 0 Å². The van der Waals surface area contributed by atoms with Crippen LogP contribution < -0.4 is 0 Å². The number of allylic oxidation sites excluding steroid dienone is 2. The van der Waals surface area contributed by atoms with E-state index in [9.17, 15) is 29.8 Å². The lowest BCUT2D eigenvalue weighted by molar-refractivity contribution is -0.385. The molecule has 8 nitrogen and oxygen atoms in total. The Balaban J connectivity index is 0.000000280. The number of hydrogen-bond donors (Lipinski definition) is 0. The van der Waals surface area contributed by atoms with Crippen molar-refractivity contribution in [3.8, 4) is 0 Å². The number of nitro benzene ring substituents is 2. The van der Waals surface area contributed by atoms with E-state index in [1.54, 1.807) is 0 Å². The molecule has 0 aliphatic carbocycles. The summed E-state index contributed by atoms with van der Waals surface area (Å²) >= 11 is 10.2. The van der Waals surface area contributed by atoms with E-state index in [-0.39, 0.29) is 11.4 Å². The third-order valence-electron chi connectivity index (χ3n) is 3.02. The van der Waals surface area contributed by atoms with Crippen molar-refractivity contribution in [2.45, 2.75) is 0 Å². The van der Waals surface area contributed by atoms with E-state index in [2.05, 4.69) is 0 Å². The molecule has 0 atom stereocenters. The fraction of sp³-hybridized carbons (Fsp3) is 0. The van der Waals surface area contributed by atoms with Gasteiger partial charge in [0.1, 0.15) is 0 Å². The van der Waals surface area contributed by atoms with Gasteiger partial charge in [-0.05, 0) is 70.7 Å². The lowest BCUT2D eigenvalue weighted by atomic mass is 10.2. The summed E-state index contributed by atoms with van der Waals surface area (Å²) in [5.74, 6) is 0. The van der Waals surface area contributed by atoms with Gasteiger partial charge < -0.3 is 0 Å². The van der Waals surface area contributed by atoms with E-state index in [0.29, 0.717) is 11.1 Å². The average molecular weight is 423 g/mol. The second-order valence-corrected chi connectivity index (χ2v) is 5.72. The fourth-order valence-electron chi connectivity index (χ4n) is 1.74. The van der Waals surface area contributed by atoms with Crippen LogP contribution in [0.3, 0.4) is 0 Å². The summed E-state index contributed by atoms with van der Waals surface area (Å²) in [4.78, 5) is 40.3. The molecule has 0 aliphatic heterocycles. The minimum Gasteiger partial charge on any atom is -0.276 e. The molecule has 2 rings (SSSR count). The summed E-state index contributed by atoms with van der Waals surface area (Å²) in [5.41, 5.74) is 1.40. The van der Waals surface area contributed by atoms with Crippen LogP contribution in [0, 0.1) is 20.2 Å². The maximum atomic E-state index is 10.4. The third-order valence-corrected chi connectivity index (χ3v) is 3.27. The zero-order valence-corrected chi connectivity index (χ0v) is 15.5. The Morgan fingerprint density at radius 3 is 1.18 bits per heavy atom. The minimum atomic E-state index is -0.580. The number of nitrogens with zero attached hydrogens (tertiary/aromatic N) is 2. The molecule has 2 aromatic rings. The molecule has 0 amide bonds. The second kappa shape index (κ2) is 11.4. The van der Waals surface area contributed by atoms with Gasteiger partial charge in [-0.25, -0.2) is 0 Å². The monoisotopic (exact) mass is 422 g/mol. The fourth-order valence-corrected chi connectivity index (χ4v) is 1.86. The van der Waals surface area contributed by atoms with Crippen molar-refractivity contribution in [2.75, 3.05) is 0 Å². The van der Waals surface area contributed by atoms with Crippen molar-refractivity contribution < 1.29 is 19.4 Å². The molecule has 0 N–H and O–H groups in total. The number of benzene rings is 2. The van der Waals surface area contributed by atoms with Crippen molar-refractivity contribution in [3.05, 3.63) is 92.0 Å². The van der Waals surface area contributed by atoms with Gasteiger partial charge in [-0.1, -0.05) is 12.2 Å². The molecule has 0 radical (unpaired) electrons. The highest BCUT2D eigenvalue weighted by Crippen LogP contribution is 2.13. The first-order valence-electron chi connectivity index (χ1n) is 7.43. The lowest BCUT2D eigenvalue weighted by Crippen LogP contribution is -1.86. The van der Waals surface area contributed by atoms with Crippen LogP contribution in [0.4, 0.5) is 11.4 Å². The van der Waals surface area contributed by atoms with Crippen LogP contribution in [0.1, 0.15) is 11.1 Å². The summed E-state index contributed by atoms with van der Waals surface area (Å²) in [7, 11) is 0. The standard InChI is InChI=1S/2C9H6ClNO3/c2*10-9(12)6-3-7-1-4-8(5-2-7)11(13)14/h2*1-6H/b2*6-3+. The Labute approximate surface area is 169 Å². The van der Waals surface area contributed by atoms with Crippen LogP contribution in [0.15, 0.2) is 60.7 Å². The van der Waals surface area contributed by atoms with E-state index >= 15 is 0 Å². The molecule has 0 unspecified atom stereocenters. The highest BCUT2D eigenvalue weighted by atomic mass is 35.5. The third kappa shape index (κ3) is 8.84. The number of carbonyl (C=O) groups is 2. The van der Waals surface area contributed by atoms with Crippen LogP contribution in [-0.4, -0.2) is 20.3 Å². The Bertz CT molecular complexity index is 845. The van der Waals surface area contributed by atoms with Crippen LogP contribution in [0.25, 0.3) is 12.2 Å². The summed E-state index contributed by atoms with van der Waals surface area (Å²) in [6, 6.07) is 11.6. The van der Waals surface area contributed by atoms with E-state index in [1.165, 1.54) is 72.8 Å². The Hall–Kier alpha value is -3.36. The predicted molar refractivity (Wildman–Crippen MR) is 106 cm³/mol. The van der Waals surface area contributed by atoms with Gasteiger partial charge in [0, 0.05) is 24.3 Å². The summed E-state index contributed by atoms with van der Waals surface area (Å²) in [6.45, 7) is 0. The molecule has 0 spiro atoms. The molecule has 0 fully saturated rings. The average Bonchev–Trinajstić information content (AvgIpc) is 2.65. The number of carbonyl (C=O) groups excluding carboxylic acids is 2. The maximum absolute atomic E-state index is 10.4. The van der Waals surface area contributed by atoms with Gasteiger partial charge in [-0.3, -0.25) is 29.8 Å². The predicted octanol–water partition coefficient (Wildman–Crippen LogP) is 4.75. The molecule has 0 saturated carbocycles. The molecule has 0 heterocycles. The van der Waals surface area contributed by atoms with Gasteiger partial charge in [-0.2, -0.15) is 0 Å². The Kier molecular flexibility index (Phi) is 9.21. The molecule has 0 aromatic heterocycles. The van der Waals surface area contributed by atoms with Gasteiger partial charge >= 0.3 is 0 Å². The van der Waals surface area contributed by atoms with Gasteiger partial charge in [0.05, 0.1) is 9.85 Å². The lowest BCUT2D eigenvalue weighted by Gasteiger charge is -1.92. The molecular weight excluding hydrogens is 411 g/mol. The largest absolute Gasteiger partial charge is 0.276 e. The minimum absolute atomic E-state index is 0.0133. The highest BCUT2D eigenvalue weighted by Gasteiger charge is 2.03. The molecule has 10 heteroatoms. The van der Waals surface area contributed by atoms with Crippen LogP contribution in [0.2, 0.25) is 0 Å². The van der Waals surface area contributed by atoms with E-state index in [0.717, 1.165) is 0 Å². The molecule has 0 aliphatic rings. The smallest absolute Gasteiger partial charge is 0.269 e. The maximum Gasteiger partial charge on any atom is 0.269 e. The number of non-ortho nitro benzene ring substituents is 2. The second-order valence-electron chi connectivity index (χ2n) is 4.97. The first-order valence-corrected chi connectivity index (χ1v) is 8.18. The first-order chi connectivity index (χ1) is 13.2. The van der Waals surface area contributed by atoms with Crippen molar-refractivity contribution in [1.29, 1.82) is 0 Å². The Morgan fingerprint density at radius 1 is 0.679 bits per heavy atom. The zero-order valence-electron chi connectivity index (χ0n) is 14.0. The number of hydrogen-bond acceptors (Lipinski definition) is 6. The number of halogens is 2. The van der Waals surface area contributed by atoms with Crippen molar-refractivity contribution in [1.82, 2.24) is 0 Å². The highest BCUT2D eigenvalue weighted by molar-refractivity contribution is 6.67. The molecule has 28 heavy (non-hydrogen) atoms. The summed E-state index contributed by atoms with van der Waals surface area (Å²) < 4.78 is 0. The Morgan fingerprint density at radius 2 is 0.964 bits per heavy atom. The van der Waals surface area contributed by atoms with Crippen LogP contribution >= 0.6 is 23.2 Å². The van der Waals surface area contributed by atoms with Crippen LogP contribution in [0.5, 0.6) is 0 Å². The van der Waals surface area contributed by atoms with Gasteiger partial charge in [0.15, 0.2) is 0 Å². The molecule has 0 saturated heterocycles. The molecule has 2 aromatic carbocycles. The summed E-state index contributed by atoms with van der Waals surface area (Å²) in [5, 5.41) is 19.4. The first kappa shape index (κ1) is 22.7. The van der Waals surface area contributed by atoms with Gasteiger partial charge in [0.2, 0.25) is 10.5 Å². The quantitative estimate of drug-likeness (QED) is 0.286. The zero-order chi connectivity index (χ0) is 21.1. The number of rotatable bonds is 6. The molecule has 0 bridgehead atoms. The van der Waals surface area contributed by atoms with Crippen molar-refractivity contribution in [3.63, 3.8) is 0 Å². The molecule has 144 valence electrons. The normalized spacial score (nSPS) is 10.4. The van der Waals surface area contributed by atoms with E-state index in [1.807, 2.05) is 0 Å². The molecular formula is C18H12Cl2N2O6. The summed E-state index contributed by atoms with van der Waals surface area (Å²) in [6.07, 6.45) is 5.34. The SMILES string of the molecule is O=C(Cl)/C=C/c1ccc([N+](=O)[O-])cc1.O=C(Cl)/C=C/c1ccc([N+](=O)[O-])cc1. The van der Waals surface area contributed by atoms with E-state index in [4.69, 9.17) is 23.2 Å². The number of nitro groups is 2.